The molecule has 1 N–H and O–H groups in total. The SMILES string of the molecule is Cc1nnn(Cc2cc(Cl)ccc2/C=C/C(=O)N2CCN(C(=O)O)CC2C)n1. The average Bonchev–Trinajstić information content (AvgIpc) is 3.05. The van der Waals surface area contributed by atoms with Gasteiger partial charge in [0.1, 0.15) is 0 Å². The highest BCUT2D eigenvalue weighted by molar-refractivity contribution is 6.30. The van der Waals surface area contributed by atoms with Crippen LogP contribution in [0.5, 0.6) is 0 Å². The molecule has 0 aliphatic carbocycles. The number of nitrogens with zero attached hydrogens (tertiary/aromatic N) is 6. The quantitative estimate of drug-likeness (QED) is 0.780. The van der Waals surface area contributed by atoms with Crippen LogP contribution in [0.15, 0.2) is 24.3 Å². The fourth-order valence-corrected chi connectivity index (χ4v) is 3.33. The van der Waals surface area contributed by atoms with Crippen molar-refractivity contribution in [1.82, 2.24) is 30.0 Å². The summed E-state index contributed by atoms with van der Waals surface area (Å²) in [7, 11) is 0. The van der Waals surface area contributed by atoms with Crippen molar-refractivity contribution in [2.75, 3.05) is 19.6 Å². The fourth-order valence-electron chi connectivity index (χ4n) is 3.13. The Morgan fingerprint density at radius 2 is 2.14 bits per heavy atom. The molecule has 1 aliphatic rings. The van der Waals surface area contributed by atoms with E-state index >= 15 is 0 Å². The van der Waals surface area contributed by atoms with Crippen molar-refractivity contribution in [2.45, 2.75) is 26.4 Å². The Bertz CT molecular complexity index is 912. The number of carbonyl (C=O) groups excluding carboxylic acids is 1. The first kappa shape index (κ1) is 19.8. The zero-order valence-corrected chi connectivity index (χ0v) is 16.4. The van der Waals surface area contributed by atoms with E-state index in [9.17, 15) is 9.59 Å². The molecule has 2 amide bonds. The highest BCUT2D eigenvalue weighted by Crippen LogP contribution is 2.19. The van der Waals surface area contributed by atoms with Gasteiger partial charge in [0.2, 0.25) is 5.91 Å². The minimum atomic E-state index is -0.961. The number of amides is 2. The molecule has 1 unspecified atom stereocenters. The first-order chi connectivity index (χ1) is 13.3. The third-order valence-corrected chi connectivity index (χ3v) is 4.79. The van der Waals surface area contributed by atoms with Gasteiger partial charge in [-0.3, -0.25) is 4.79 Å². The molecule has 2 heterocycles. The maximum Gasteiger partial charge on any atom is 0.407 e. The number of benzene rings is 1. The Labute approximate surface area is 167 Å². The van der Waals surface area contributed by atoms with Crippen molar-refractivity contribution < 1.29 is 14.7 Å². The topological polar surface area (TPSA) is 104 Å². The molecule has 1 aliphatic heterocycles. The Balaban J connectivity index is 1.73. The summed E-state index contributed by atoms with van der Waals surface area (Å²) < 4.78 is 0. The third-order valence-electron chi connectivity index (χ3n) is 4.56. The van der Waals surface area contributed by atoms with E-state index in [2.05, 4.69) is 15.4 Å². The van der Waals surface area contributed by atoms with E-state index in [1.54, 1.807) is 30.0 Å². The van der Waals surface area contributed by atoms with Gasteiger partial charge in [0, 0.05) is 36.8 Å². The number of aromatic nitrogens is 4. The number of hydrogen-bond acceptors (Lipinski definition) is 5. The summed E-state index contributed by atoms with van der Waals surface area (Å²) in [4.78, 5) is 28.2. The highest BCUT2D eigenvalue weighted by atomic mass is 35.5. The van der Waals surface area contributed by atoms with Gasteiger partial charge in [-0.05, 0) is 48.4 Å². The van der Waals surface area contributed by atoms with Crippen LogP contribution in [-0.4, -0.2) is 72.8 Å². The largest absolute Gasteiger partial charge is 0.465 e. The molecule has 1 aromatic carbocycles. The molecule has 3 rings (SSSR count). The predicted molar refractivity (Wildman–Crippen MR) is 103 cm³/mol. The Hall–Kier alpha value is -2.94. The van der Waals surface area contributed by atoms with Gasteiger partial charge in [0.05, 0.1) is 6.54 Å². The molecule has 1 fully saturated rings. The number of rotatable bonds is 4. The van der Waals surface area contributed by atoms with Crippen molar-refractivity contribution in [3.8, 4) is 0 Å². The van der Waals surface area contributed by atoms with Crippen LogP contribution >= 0.6 is 11.6 Å². The second kappa shape index (κ2) is 8.39. The summed E-state index contributed by atoms with van der Waals surface area (Å²) in [6.45, 7) is 4.95. The summed E-state index contributed by atoms with van der Waals surface area (Å²) in [6, 6.07) is 5.20. The number of carboxylic acid groups (broad SMARTS) is 1. The summed E-state index contributed by atoms with van der Waals surface area (Å²) in [5, 5.41) is 21.7. The monoisotopic (exact) mass is 404 g/mol. The van der Waals surface area contributed by atoms with Gasteiger partial charge in [-0.2, -0.15) is 4.80 Å². The molecular formula is C18H21ClN6O3. The predicted octanol–water partition coefficient (Wildman–Crippen LogP) is 1.91. The van der Waals surface area contributed by atoms with Crippen molar-refractivity contribution in [3.05, 3.63) is 46.2 Å². The van der Waals surface area contributed by atoms with Crippen LogP contribution in [0.25, 0.3) is 6.08 Å². The lowest BCUT2D eigenvalue weighted by atomic mass is 10.1. The smallest absolute Gasteiger partial charge is 0.407 e. The van der Waals surface area contributed by atoms with Crippen molar-refractivity contribution >= 4 is 29.7 Å². The summed E-state index contributed by atoms with van der Waals surface area (Å²) in [6.07, 6.45) is 2.27. The maximum atomic E-state index is 12.6. The molecule has 148 valence electrons. The lowest BCUT2D eigenvalue weighted by molar-refractivity contribution is -0.129. The second-order valence-electron chi connectivity index (χ2n) is 6.65. The van der Waals surface area contributed by atoms with Gasteiger partial charge in [-0.15, -0.1) is 10.2 Å². The van der Waals surface area contributed by atoms with E-state index in [0.29, 0.717) is 37.0 Å². The van der Waals surface area contributed by atoms with Crippen LogP contribution in [0.3, 0.4) is 0 Å². The summed E-state index contributed by atoms with van der Waals surface area (Å²) in [5.41, 5.74) is 1.68. The van der Waals surface area contributed by atoms with Crippen molar-refractivity contribution in [1.29, 1.82) is 0 Å². The summed E-state index contributed by atoms with van der Waals surface area (Å²) >= 11 is 6.11. The van der Waals surface area contributed by atoms with Gasteiger partial charge in [-0.1, -0.05) is 17.7 Å². The van der Waals surface area contributed by atoms with E-state index in [1.807, 2.05) is 13.0 Å². The van der Waals surface area contributed by atoms with Gasteiger partial charge in [0.15, 0.2) is 5.82 Å². The van der Waals surface area contributed by atoms with Crippen LogP contribution in [-0.2, 0) is 11.3 Å². The fraction of sp³-hybridized carbons (Fsp3) is 0.389. The van der Waals surface area contributed by atoms with Crippen LogP contribution in [0.4, 0.5) is 4.79 Å². The molecule has 0 bridgehead atoms. The zero-order chi connectivity index (χ0) is 20.3. The van der Waals surface area contributed by atoms with Gasteiger partial charge in [-0.25, -0.2) is 4.79 Å². The van der Waals surface area contributed by atoms with E-state index in [1.165, 1.54) is 15.8 Å². The Morgan fingerprint density at radius 1 is 1.36 bits per heavy atom. The Morgan fingerprint density at radius 3 is 2.79 bits per heavy atom. The minimum absolute atomic E-state index is 0.159. The molecule has 1 saturated heterocycles. The standard InChI is InChI=1S/C18H21ClN6O3/c1-12-10-23(18(27)28)7-8-24(12)17(26)6-4-14-3-5-16(19)9-15(14)11-25-21-13(2)20-22-25/h3-6,9,12H,7-8,10-11H2,1-2H3,(H,27,28)/b6-4+. The molecule has 0 spiro atoms. The molecular weight excluding hydrogens is 384 g/mol. The van der Waals surface area contributed by atoms with E-state index in [4.69, 9.17) is 16.7 Å². The normalized spacial score (nSPS) is 17.3. The van der Waals surface area contributed by atoms with E-state index in [0.717, 1.165) is 11.1 Å². The average molecular weight is 405 g/mol. The molecule has 0 saturated carbocycles. The number of aryl methyl sites for hydroxylation is 1. The number of tetrazole rings is 1. The number of piperazine rings is 1. The van der Waals surface area contributed by atoms with Gasteiger partial charge >= 0.3 is 6.09 Å². The third kappa shape index (κ3) is 4.66. The molecule has 28 heavy (non-hydrogen) atoms. The molecule has 0 radical (unpaired) electrons. The lowest BCUT2D eigenvalue weighted by Crippen LogP contribution is -2.54. The van der Waals surface area contributed by atoms with Gasteiger partial charge in [0.25, 0.3) is 0 Å². The van der Waals surface area contributed by atoms with Crippen molar-refractivity contribution in [3.63, 3.8) is 0 Å². The number of carbonyl (C=O) groups is 2. The summed E-state index contributed by atoms with van der Waals surface area (Å²) in [5.74, 6) is 0.414. The number of halogens is 1. The number of hydrogen-bond donors (Lipinski definition) is 1. The van der Waals surface area contributed by atoms with Crippen LogP contribution in [0, 0.1) is 6.92 Å². The molecule has 2 aromatic rings. The Kier molecular flexibility index (Phi) is 5.93. The van der Waals surface area contributed by atoms with Crippen LogP contribution < -0.4 is 0 Å². The molecule has 9 nitrogen and oxygen atoms in total. The molecule has 1 atom stereocenters. The van der Waals surface area contributed by atoms with Crippen LogP contribution in [0.2, 0.25) is 5.02 Å². The molecule has 1 aromatic heterocycles. The van der Waals surface area contributed by atoms with Crippen LogP contribution in [0.1, 0.15) is 23.9 Å². The first-order valence-electron chi connectivity index (χ1n) is 8.83. The van der Waals surface area contributed by atoms with Gasteiger partial charge < -0.3 is 14.9 Å². The highest BCUT2D eigenvalue weighted by Gasteiger charge is 2.28. The maximum absolute atomic E-state index is 12.6. The zero-order valence-electron chi connectivity index (χ0n) is 15.6. The van der Waals surface area contributed by atoms with E-state index in [-0.39, 0.29) is 11.9 Å². The molecule has 10 heteroatoms. The lowest BCUT2D eigenvalue weighted by Gasteiger charge is -2.38. The van der Waals surface area contributed by atoms with Crippen molar-refractivity contribution in [2.24, 2.45) is 0 Å². The first-order valence-corrected chi connectivity index (χ1v) is 9.20. The second-order valence-corrected chi connectivity index (χ2v) is 7.09. The minimum Gasteiger partial charge on any atom is -0.465 e. The van der Waals surface area contributed by atoms with E-state index < -0.39 is 6.09 Å².